The quantitative estimate of drug-likeness (QED) is 0.850. The van der Waals surface area contributed by atoms with E-state index in [1.165, 1.54) is 0 Å². The van der Waals surface area contributed by atoms with Crippen molar-refractivity contribution in [2.75, 3.05) is 18.0 Å². The van der Waals surface area contributed by atoms with Gasteiger partial charge in [-0.05, 0) is 18.4 Å². The summed E-state index contributed by atoms with van der Waals surface area (Å²) in [5.41, 5.74) is 1.76. The van der Waals surface area contributed by atoms with Crippen LogP contribution in [0, 0.1) is 5.92 Å². The summed E-state index contributed by atoms with van der Waals surface area (Å²) in [5, 5.41) is 19.8. The number of rotatable bonds is 2. The van der Waals surface area contributed by atoms with Gasteiger partial charge in [0.2, 0.25) is 0 Å². The molecule has 0 spiro atoms. The van der Waals surface area contributed by atoms with Gasteiger partial charge in [-0.15, -0.1) is 0 Å². The second-order valence-electron chi connectivity index (χ2n) is 4.69. The maximum absolute atomic E-state index is 9.73. The molecule has 2 atom stereocenters. The molecule has 2 unspecified atom stereocenters. The Balaban J connectivity index is 2.28. The summed E-state index contributed by atoms with van der Waals surface area (Å²) in [7, 11) is 0. The number of piperidine rings is 1. The molecule has 0 saturated carbocycles. The number of halogens is 1. The number of para-hydroxylation sites is 1. The second-order valence-corrected chi connectivity index (χ2v) is 5.09. The van der Waals surface area contributed by atoms with Crippen LogP contribution in [-0.4, -0.2) is 29.4 Å². The lowest BCUT2D eigenvalue weighted by Crippen LogP contribution is -2.42. The van der Waals surface area contributed by atoms with Crippen LogP contribution in [0.3, 0.4) is 0 Å². The molecule has 0 radical (unpaired) electrons. The van der Waals surface area contributed by atoms with E-state index >= 15 is 0 Å². The molecular formula is C13H18ClNO2. The minimum Gasteiger partial charge on any atom is -0.393 e. The molecule has 94 valence electrons. The highest BCUT2D eigenvalue weighted by Gasteiger charge is 2.26. The van der Waals surface area contributed by atoms with Crippen molar-refractivity contribution in [2.24, 2.45) is 5.92 Å². The largest absolute Gasteiger partial charge is 0.393 e. The van der Waals surface area contributed by atoms with Crippen LogP contribution >= 0.6 is 11.6 Å². The predicted octanol–water partition coefficient (Wildman–Crippen LogP) is 2.04. The van der Waals surface area contributed by atoms with Gasteiger partial charge >= 0.3 is 0 Å². The van der Waals surface area contributed by atoms with Gasteiger partial charge in [0, 0.05) is 18.7 Å². The average molecular weight is 256 g/mol. The molecule has 3 nitrogen and oxygen atoms in total. The van der Waals surface area contributed by atoms with Crippen LogP contribution < -0.4 is 4.90 Å². The summed E-state index contributed by atoms with van der Waals surface area (Å²) in [6, 6.07) is 5.57. The van der Waals surface area contributed by atoms with Crippen molar-refractivity contribution in [3.63, 3.8) is 0 Å². The minimum absolute atomic E-state index is 0.0106. The first-order valence-electron chi connectivity index (χ1n) is 5.94. The van der Waals surface area contributed by atoms with Crippen molar-refractivity contribution in [2.45, 2.75) is 26.1 Å². The van der Waals surface area contributed by atoms with Crippen molar-refractivity contribution in [1.82, 2.24) is 0 Å². The maximum Gasteiger partial charge on any atom is 0.0702 e. The average Bonchev–Trinajstić information content (AvgIpc) is 2.32. The summed E-state index contributed by atoms with van der Waals surface area (Å²) in [4.78, 5) is 2.16. The standard InChI is InChI=1S/C13H18ClNO2/c1-9-7-15(6-5-12(9)17)13-10(8-16)3-2-4-11(13)14/h2-4,9,12,16-17H,5-8H2,1H3. The van der Waals surface area contributed by atoms with E-state index in [1.54, 1.807) is 0 Å². The van der Waals surface area contributed by atoms with Crippen LogP contribution in [0.25, 0.3) is 0 Å². The van der Waals surface area contributed by atoms with Crippen LogP contribution in [-0.2, 0) is 6.61 Å². The van der Waals surface area contributed by atoms with Gasteiger partial charge in [0.05, 0.1) is 23.4 Å². The fourth-order valence-electron chi connectivity index (χ4n) is 2.38. The van der Waals surface area contributed by atoms with E-state index in [4.69, 9.17) is 11.6 Å². The smallest absolute Gasteiger partial charge is 0.0702 e. The molecule has 1 heterocycles. The highest BCUT2D eigenvalue weighted by atomic mass is 35.5. The molecule has 1 aromatic rings. The van der Waals surface area contributed by atoms with Crippen molar-refractivity contribution >= 4 is 17.3 Å². The van der Waals surface area contributed by atoms with Gasteiger partial charge in [-0.2, -0.15) is 0 Å². The van der Waals surface area contributed by atoms with Crippen LogP contribution in [0.1, 0.15) is 18.9 Å². The van der Waals surface area contributed by atoms with Gasteiger partial charge < -0.3 is 15.1 Å². The minimum atomic E-state index is -0.230. The molecule has 2 rings (SSSR count). The van der Waals surface area contributed by atoms with Gasteiger partial charge in [-0.1, -0.05) is 30.7 Å². The zero-order valence-corrected chi connectivity index (χ0v) is 10.7. The number of nitrogens with zero attached hydrogens (tertiary/aromatic N) is 1. The Kier molecular flexibility index (Phi) is 3.92. The summed E-state index contributed by atoms with van der Waals surface area (Å²) < 4.78 is 0. The third kappa shape index (κ3) is 2.57. The summed E-state index contributed by atoms with van der Waals surface area (Å²) in [5.74, 6) is 0.228. The molecule has 1 fully saturated rings. The predicted molar refractivity (Wildman–Crippen MR) is 69.4 cm³/mol. The molecule has 0 aromatic heterocycles. The Morgan fingerprint density at radius 2 is 2.24 bits per heavy atom. The van der Waals surface area contributed by atoms with E-state index in [0.29, 0.717) is 5.02 Å². The van der Waals surface area contributed by atoms with Gasteiger partial charge in [0.1, 0.15) is 0 Å². The SMILES string of the molecule is CC1CN(c2c(Cl)cccc2CO)CCC1O. The van der Waals surface area contributed by atoms with Crippen LogP contribution in [0.2, 0.25) is 5.02 Å². The Bertz CT molecular complexity index is 397. The highest BCUT2D eigenvalue weighted by molar-refractivity contribution is 6.33. The molecule has 1 aliphatic heterocycles. The van der Waals surface area contributed by atoms with E-state index in [2.05, 4.69) is 4.90 Å². The maximum atomic E-state index is 9.73. The number of aliphatic hydroxyl groups excluding tert-OH is 2. The first-order valence-corrected chi connectivity index (χ1v) is 6.32. The number of benzene rings is 1. The lowest BCUT2D eigenvalue weighted by molar-refractivity contribution is 0.0970. The first-order chi connectivity index (χ1) is 8.13. The monoisotopic (exact) mass is 255 g/mol. The molecular weight excluding hydrogens is 238 g/mol. The van der Waals surface area contributed by atoms with Crippen molar-refractivity contribution < 1.29 is 10.2 Å². The normalized spacial score (nSPS) is 25.1. The van der Waals surface area contributed by atoms with Gasteiger partial charge in [0.25, 0.3) is 0 Å². The summed E-state index contributed by atoms with van der Waals surface area (Å²) in [6.07, 6.45) is 0.517. The fourth-order valence-corrected chi connectivity index (χ4v) is 2.69. The van der Waals surface area contributed by atoms with E-state index in [0.717, 1.165) is 30.8 Å². The number of anilines is 1. The Hall–Kier alpha value is -0.770. The van der Waals surface area contributed by atoms with Gasteiger partial charge in [-0.25, -0.2) is 0 Å². The van der Waals surface area contributed by atoms with Gasteiger partial charge in [-0.3, -0.25) is 0 Å². The number of hydrogen-bond acceptors (Lipinski definition) is 3. The highest BCUT2D eigenvalue weighted by Crippen LogP contribution is 2.33. The molecule has 0 aliphatic carbocycles. The van der Waals surface area contributed by atoms with Crippen molar-refractivity contribution in [1.29, 1.82) is 0 Å². The molecule has 0 bridgehead atoms. The topological polar surface area (TPSA) is 43.7 Å². The van der Waals surface area contributed by atoms with Crippen molar-refractivity contribution in [3.05, 3.63) is 28.8 Å². The third-order valence-corrected chi connectivity index (χ3v) is 3.72. The molecule has 2 N–H and O–H groups in total. The van der Waals surface area contributed by atoms with Crippen LogP contribution in [0.15, 0.2) is 18.2 Å². The zero-order valence-electron chi connectivity index (χ0n) is 9.93. The molecule has 1 saturated heterocycles. The Morgan fingerprint density at radius 3 is 2.88 bits per heavy atom. The second kappa shape index (κ2) is 5.25. The number of aliphatic hydroxyl groups is 2. The first kappa shape index (κ1) is 12.7. The molecule has 1 aromatic carbocycles. The summed E-state index contributed by atoms with van der Waals surface area (Å²) >= 11 is 6.21. The zero-order chi connectivity index (χ0) is 12.4. The molecule has 4 heteroatoms. The summed E-state index contributed by atoms with van der Waals surface area (Å²) in [6.45, 7) is 3.58. The number of hydrogen-bond donors (Lipinski definition) is 2. The lowest BCUT2D eigenvalue weighted by Gasteiger charge is -2.37. The third-order valence-electron chi connectivity index (χ3n) is 3.42. The van der Waals surface area contributed by atoms with E-state index < -0.39 is 0 Å². The Morgan fingerprint density at radius 1 is 1.47 bits per heavy atom. The lowest BCUT2D eigenvalue weighted by atomic mass is 9.95. The molecule has 17 heavy (non-hydrogen) atoms. The van der Waals surface area contributed by atoms with E-state index in [1.807, 2.05) is 25.1 Å². The Labute approximate surface area is 107 Å². The van der Waals surface area contributed by atoms with Crippen LogP contribution in [0.4, 0.5) is 5.69 Å². The molecule has 0 amide bonds. The van der Waals surface area contributed by atoms with E-state index in [-0.39, 0.29) is 18.6 Å². The van der Waals surface area contributed by atoms with Crippen LogP contribution in [0.5, 0.6) is 0 Å². The fraction of sp³-hybridized carbons (Fsp3) is 0.538. The van der Waals surface area contributed by atoms with E-state index in [9.17, 15) is 10.2 Å². The van der Waals surface area contributed by atoms with Gasteiger partial charge in [0.15, 0.2) is 0 Å². The molecule has 1 aliphatic rings. The van der Waals surface area contributed by atoms with Crippen molar-refractivity contribution in [3.8, 4) is 0 Å².